The van der Waals surface area contributed by atoms with E-state index >= 15 is 0 Å². The van der Waals surface area contributed by atoms with Crippen LogP contribution >= 0.6 is 0 Å². The average molecular weight is 290 g/mol. The molecule has 0 saturated heterocycles. The first-order valence-electron chi connectivity index (χ1n) is 5.80. The second-order valence-electron chi connectivity index (χ2n) is 3.68. The molecule has 0 aliphatic heterocycles. The molecule has 7 nitrogen and oxygen atoms in total. The molecule has 21 heavy (non-hydrogen) atoms. The van der Waals surface area contributed by atoms with E-state index in [2.05, 4.69) is 24.9 Å². The summed E-state index contributed by atoms with van der Waals surface area (Å²) in [4.78, 5) is 31.2. The van der Waals surface area contributed by atoms with E-state index < -0.39 is 11.9 Å². The number of carbonyl (C=O) groups is 2. The van der Waals surface area contributed by atoms with Crippen LogP contribution in [-0.2, 0) is 24.9 Å². The van der Waals surface area contributed by atoms with Crippen molar-refractivity contribution in [2.45, 2.75) is 0 Å². The van der Waals surface area contributed by atoms with E-state index in [9.17, 15) is 9.59 Å². The Morgan fingerprint density at radius 1 is 0.571 bits per heavy atom. The highest BCUT2D eigenvalue weighted by atomic mass is 17.8. The fourth-order valence-electron chi connectivity index (χ4n) is 1.35. The normalized spacial score (nSPS) is 9.90. The topological polar surface area (TPSA) is 80.3 Å². The molecule has 0 aromatic heterocycles. The summed E-state index contributed by atoms with van der Waals surface area (Å²) in [7, 11) is 0. The third kappa shape index (κ3) is 4.69. The zero-order valence-electron chi connectivity index (χ0n) is 10.6. The molecule has 0 fully saturated rings. The molecule has 2 aromatic carbocycles. The summed E-state index contributed by atoms with van der Waals surface area (Å²) in [5, 5.41) is 11.9. The van der Waals surface area contributed by atoms with Crippen molar-refractivity contribution in [3.63, 3.8) is 0 Å². The van der Waals surface area contributed by atoms with E-state index in [0.29, 0.717) is 0 Å². The molecule has 0 bridgehead atoms. The molecule has 0 radical (unpaired) electrons. The van der Waals surface area contributed by atoms with E-state index in [1.165, 1.54) is 24.3 Å². The molecule has 7 heteroatoms. The van der Waals surface area contributed by atoms with E-state index in [1.807, 2.05) is 0 Å². The van der Waals surface area contributed by atoms with Crippen molar-refractivity contribution >= 4 is 11.9 Å². The van der Waals surface area contributed by atoms with Crippen molar-refractivity contribution < 1.29 is 34.5 Å². The second kappa shape index (κ2) is 7.75. The Balaban J connectivity index is 1.64. The minimum Gasteiger partial charge on any atom is -0.261 e. The maximum atomic E-state index is 11.4. The molecule has 0 aliphatic carbocycles. The highest BCUT2D eigenvalue weighted by molar-refractivity contribution is 5.89. The summed E-state index contributed by atoms with van der Waals surface area (Å²) in [5.41, 5.74) is 0.504. The maximum Gasteiger partial charge on any atom is 0.376 e. The van der Waals surface area contributed by atoms with Gasteiger partial charge in [-0.3, -0.25) is 9.78 Å². The Hall–Kier alpha value is -2.74. The molecule has 2 rings (SSSR count). The van der Waals surface area contributed by atoms with Gasteiger partial charge in [-0.25, -0.2) is 9.59 Å². The molecular formula is C14H10O7. The van der Waals surface area contributed by atoms with Crippen LogP contribution in [0.25, 0.3) is 0 Å². The van der Waals surface area contributed by atoms with Gasteiger partial charge in [-0.2, -0.15) is 0 Å². The van der Waals surface area contributed by atoms with Gasteiger partial charge in [0, 0.05) is 15.1 Å². The number of rotatable bonds is 6. The Morgan fingerprint density at radius 3 is 1.33 bits per heavy atom. The SMILES string of the molecule is O=C(OOOOOC(=O)c1ccccc1)c1ccccc1. The van der Waals surface area contributed by atoms with E-state index in [1.54, 1.807) is 36.4 Å². The van der Waals surface area contributed by atoms with Crippen LogP contribution in [0.15, 0.2) is 60.7 Å². The summed E-state index contributed by atoms with van der Waals surface area (Å²) in [6.07, 6.45) is 0. The number of hydrogen-bond acceptors (Lipinski definition) is 7. The predicted molar refractivity (Wildman–Crippen MR) is 67.0 cm³/mol. The van der Waals surface area contributed by atoms with Gasteiger partial charge in [-0.05, 0) is 24.3 Å². The van der Waals surface area contributed by atoms with Gasteiger partial charge in [0.05, 0.1) is 11.1 Å². The van der Waals surface area contributed by atoms with Crippen LogP contribution in [-0.4, -0.2) is 11.9 Å². The molecule has 0 aliphatic rings. The van der Waals surface area contributed by atoms with Crippen LogP contribution in [0.4, 0.5) is 0 Å². The molecule has 0 N–H and O–H groups in total. The Kier molecular flexibility index (Phi) is 5.41. The number of carbonyl (C=O) groups excluding carboxylic acids is 2. The smallest absolute Gasteiger partial charge is 0.261 e. The molecule has 0 atom stereocenters. The predicted octanol–water partition coefficient (Wildman–Crippen LogP) is 2.41. The van der Waals surface area contributed by atoms with Crippen molar-refractivity contribution in [1.29, 1.82) is 0 Å². The van der Waals surface area contributed by atoms with Crippen molar-refractivity contribution in [2.24, 2.45) is 0 Å². The Morgan fingerprint density at radius 2 is 0.952 bits per heavy atom. The van der Waals surface area contributed by atoms with Gasteiger partial charge in [-0.15, -0.1) is 0 Å². The summed E-state index contributed by atoms with van der Waals surface area (Å²) in [6.45, 7) is 0. The van der Waals surface area contributed by atoms with Crippen LogP contribution < -0.4 is 0 Å². The van der Waals surface area contributed by atoms with Crippen molar-refractivity contribution in [3.05, 3.63) is 71.8 Å². The fourth-order valence-corrected chi connectivity index (χ4v) is 1.35. The van der Waals surface area contributed by atoms with Crippen LogP contribution in [0.2, 0.25) is 0 Å². The van der Waals surface area contributed by atoms with Gasteiger partial charge in [0.25, 0.3) is 0 Å². The summed E-state index contributed by atoms with van der Waals surface area (Å²) in [5.74, 6) is -1.60. The molecule has 108 valence electrons. The maximum absolute atomic E-state index is 11.4. The van der Waals surface area contributed by atoms with Gasteiger partial charge < -0.3 is 0 Å². The Labute approximate surface area is 119 Å². The number of benzene rings is 2. The summed E-state index contributed by atoms with van der Waals surface area (Å²) >= 11 is 0. The highest BCUT2D eigenvalue weighted by Crippen LogP contribution is 2.03. The first kappa shape index (κ1) is 14.7. The first-order valence-corrected chi connectivity index (χ1v) is 5.80. The minimum atomic E-state index is -0.798. The summed E-state index contributed by atoms with van der Waals surface area (Å²) < 4.78 is 0. The fraction of sp³-hybridized carbons (Fsp3) is 0. The largest absolute Gasteiger partial charge is 0.376 e. The molecule has 0 saturated carbocycles. The van der Waals surface area contributed by atoms with Crippen molar-refractivity contribution in [1.82, 2.24) is 0 Å². The summed E-state index contributed by atoms with van der Waals surface area (Å²) in [6, 6.07) is 16.1. The van der Waals surface area contributed by atoms with Crippen LogP contribution in [0.1, 0.15) is 20.7 Å². The lowest BCUT2D eigenvalue weighted by Gasteiger charge is -2.01. The lowest BCUT2D eigenvalue weighted by Crippen LogP contribution is -2.10. The van der Waals surface area contributed by atoms with Gasteiger partial charge in [0.15, 0.2) is 0 Å². The molecular weight excluding hydrogens is 280 g/mol. The zero-order valence-corrected chi connectivity index (χ0v) is 10.6. The third-order valence-electron chi connectivity index (χ3n) is 2.29. The van der Waals surface area contributed by atoms with Crippen molar-refractivity contribution in [3.8, 4) is 0 Å². The van der Waals surface area contributed by atoms with Gasteiger partial charge >= 0.3 is 11.9 Å². The molecule has 0 amide bonds. The van der Waals surface area contributed by atoms with E-state index in [-0.39, 0.29) is 11.1 Å². The van der Waals surface area contributed by atoms with E-state index in [0.717, 1.165) is 0 Å². The average Bonchev–Trinajstić information content (AvgIpc) is 2.55. The van der Waals surface area contributed by atoms with Gasteiger partial charge in [0.2, 0.25) is 0 Å². The molecule has 0 unspecified atom stereocenters. The highest BCUT2D eigenvalue weighted by Gasteiger charge is 2.10. The van der Waals surface area contributed by atoms with Crippen LogP contribution in [0, 0.1) is 0 Å². The third-order valence-corrected chi connectivity index (χ3v) is 2.29. The number of hydrogen-bond donors (Lipinski definition) is 0. The van der Waals surface area contributed by atoms with E-state index in [4.69, 9.17) is 0 Å². The Bertz CT molecular complexity index is 529. The molecule has 2 aromatic rings. The minimum absolute atomic E-state index is 0.252. The quantitative estimate of drug-likeness (QED) is 0.459. The van der Waals surface area contributed by atoms with Crippen LogP contribution in [0.5, 0.6) is 0 Å². The monoisotopic (exact) mass is 290 g/mol. The lowest BCUT2D eigenvalue weighted by atomic mass is 10.2. The molecule has 0 heterocycles. The first-order chi connectivity index (χ1) is 10.3. The lowest BCUT2D eigenvalue weighted by molar-refractivity contribution is -0.684. The van der Waals surface area contributed by atoms with Gasteiger partial charge in [0.1, 0.15) is 0 Å². The van der Waals surface area contributed by atoms with Crippen LogP contribution in [0.3, 0.4) is 0 Å². The molecule has 0 spiro atoms. The zero-order chi connectivity index (χ0) is 14.9. The van der Waals surface area contributed by atoms with Gasteiger partial charge in [-0.1, -0.05) is 36.4 Å². The second-order valence-corrected chi connectivity index (χ2v) is 3.68. The van der Waals surface area contributed by atoms with Crippen molar-refractivity contribution in [2.75, 3.05) is 0 Å². The standard InChI is InChI=1S/C14H10O7/c15-13(11-7-3-1-4-8-11)17-19-21-20-18-14(16)12-9-5-2-6-10-12/h1-10H.